The van der Waals surface area contributed by atoms with Crippen LogP contribution in [0.1, 0.15) is 11.1 Å². The third-order valence-corrected chi connectivity index (χ3v) is 7.04. The predicted octanol–water partition coefficient (Wildman–Crippen LogP) is 4.22. The SMILES string of the molecule is C[N+](C)=C1C=CC(=C/C=C2/C=C(c3ccccc3)[Se]c3ccccc32)C=C1. The zero-order valence-corrected chi connectivity index (χ0v) is 17.3. The molecule has 0 radical (unpaired) electrons. The van der Waals surface area contributed by atoms with E-state index in [1.54, 1.807) is 0 Å². The molecule has 2 aromatic rings. The van der Waals surface area contributed by atoms with Crippen LogP contribution in [-0.2, 0) is 0 Å². The number of allylic oxidation sites excluding steroid dienone is 9. The monoisotopic (exact) mass is 416 g/mol. The molecule has 0 N–H and O–H groups in total. The summed E-state index contributed by atoms with van der Waals surface area (Å²) in [5.41, 5.74) is 6.41. The molecule has 0 aromatic heterocycles. The molecule has 0 fully saturated rings. The number of hydrogen-bond acceptors (Lipinski definition) is 0. The van der Waals surface area contributed by atoms with E-state index < -0.39 is 0 Å². The molecule has 0 atom stereocenters. The molecule has 1 nitrogen and oxygen atoms in total. The van der Waals surface area contributed by atoms with Crippen LogP contribution < -0.4 is 4.46 Å². The Morgan fingerprint density at radius 2 is 1.48 bits per heavy atom. The fourth-order valence-electron chi connectivity index (χ4n) is 3.11. The Hall–Kier alpha value is -2.67. The van der Waals surface area contributed by atoms with Gasteiger partial charge in [0.15, 0.2) is 0 Å². The maximum absolute atomic E-state index is 2.36. The molecule has 2 aliphatic rings. The third kappa shape index (κ3) is 4.03. The average molecular weight is 415 g/mol. The molecular weight excluding hydrogens is 393 g/mol. The quantitative estimate of drug-likeness (QED) is 0.511. The van der Waals surface area contributed by atoms with Gasteiger partial charge in [-0.25, -0.2) is 0 Å². The first kappa shape index (κ1) is 17.7. The van der Waals surface area contributed by atoms with E-state index in [0.717, 1.165) is 0 Å². The number of benzene rings is 2. The Balaban J connectivity index is 1.72. The van der Waals surface area contributed by atoms with E-state index >= 15 is 0 Å². The molecule has 132 valence electrons. The molecule has 0 saturated carbocycles. The van der Waals surface area contributed by atoms with Crippen molar-refractivity contribution < 1.29 is 4.58 Å². The van der Waals surface area contributed by atoms with Gasteiger partial charge in [0, 0.05) is 0 Å². The summed E-state index contributed by atoms with van der Waals surface area (Å²) in [6.45, 7) is 0. The van der Waals surface area contributed by atoms with Crippen molar-refractivity contribution in [1.29, 1.82) is 0 Å². The fourth-order valence-corrected chi connectivity index (χ4v) is 5.46. The van der Waals surface area contributed by atoms with Gasteiger partial charge in [-0.1, -0.05) is 0 Å². The maximum atomic E-state index is 2.36. The summed E-state index contributed by atoms with van der Waals surface area (Å²) in [4.78, 5) is 0. The summed E-state index contributed by atoms with van der Waals surface area (Å²) >= 11 is 0.336. The molecule has 0 spiro atoms. The second kappa shape index (κ2) is 7.92. The summed E-state index contributed by atoms with van der Waals surface area (Å²) in [6.07, 6.45) is 15.5. The van der Waals surface area contributed by atoms with Crippen molar-refractivity contribution in [3.8, 4) is 0 Å². The molecule has 4 rings (SSSR count). The van der Waals surface area contributed by atoms with Crippen molar-refractivity contribution in [3.05, 3.63) is 114 Å². The Morgan fingerprint density at radius 1 is 0.778 bits per heavy atom. The van der Waals surface area contributed by atoms with Crippen molar-refractivity contribution >= 4 is 35.2 Å². The van der Waals surface area contributed by atoms with Crippen molar-refractivity contribution in [1.82, 2.24) is 0 Å². The zero-order valence-electron chi connectivity index (χ0n) is 15.6. The normalized spacial score (nSPS) is 17.0. The van der Waals surface area contributed by atoms with Crippen LogP contribution in [0.3, 0.4) is 0 Å². The van der Waals surface area contributed by atoms with Gasteiger partial charge in [-0.05, 0) is 0 Å². The summed E-state index contributed by atoms with van der Waals surface area (Å²) in [6, 6.07) is 19.5. The van der Waals surface area contributed by atoms with Crippen LogP contribution in [-0.4, -0.2) is 39.3 Å². The van der Waals surface area contributed by atoms with Crippen molar-refractivity contribution in [2.75, 3.05) is 14.1 Å². The Kier molecular flexibility index (Phi) is 5.20. The second-order valence-electron chi connectivity index (χ2n) is 6.75. The minimum atomic E-state index is 0.336. The van der Waals surface area contributed by atoms with Crippen molar-refractivity contribution in [3.63, 3.8) is 0 Å². The van der Waals surface area contributed by atoms with Gasteiger partial charge in [0.05, 0.1) is 0 Å². The molecule has 1 heterocycles. The van der Waals surface area contributed by atoms with Gasteiger partial charge in [0.2, 0.25) is 0 Å². The van der Waals surface area contributed by atoms with Crippen LogP contribution in [0.5, 0.6) is 0 Å². The minimum absolute atomic E-state index is 0.336. The summed E-state index contributed by atoms with van der Waals surface area (Å²) in [7, 11) is 4.13. The molecule has 0 amide bonds. The van der Waals surface area contributed by atoms with Gasteiger partial charge in [0.25, 0.3) is 0 Å². The van der Waals surface area contributed by atoms with E-state index in [4.69, 9.17) is 0 Å². The molecule has 0 saturated heterocycles. The van der Waals surface area contributed by atoms with E-state index in [1.807, 2.05) is 0 Å². The Bertz CT molecular complexity index is 1020. The molecule has 0 bridgehead atoms. The van der Waals surface area contributed by atoms with Gasteiger partial charge in [-0.2, -0.15) is 0 Å². The number of nitrogens with zero attached hydrogens (tertiary/aromatic N) is 1. The first-order valence-electron chi connectivity index (χ1n) is 9.07. The predicted molar refractivity (Wildman–Crippen MR) is 118 cm³/mol. The van der Waals surface area contributed by atoms with Gasteiger partial charge >= 0.3 is 168 Å². The van der Waals surface area contributed by atoms with Crippen LogP contribution in [0.4, 0.5) is 0 Å². The molecule has 0 unspecified atom stereocenters. The molecule has 1 aliphatic heterocycles. The summed E-state index contributed by atoms with van der Waals surface area (Å²) in [5, 5.41) is 0. The average Bonchev–Trinajstić information content (AvgIpc) is 2.72. The van der Waals surface area contributed by atoms with Crippen molar-refractivity contribution in [2.24, 2.45) is 0 Å². The third-order valence-electron chi connectivity index (χ3n) is 4.63. The molecule has 27 heavy (non-hydrogen) atoms. The topological polar surface area (TPSA) is 3.01 Å². The standard InChI is InChI=1S/C25H22NSe/c1-26(2)22-16-13-19(14-17-22)12-15-21-18-25(20-8-4-3-5-9-20)27-24-11-7-6-10-23(21)24/h3-18H,1-2H3/q+1/b21-15-. The molecule has 1 aliphatic carbocycles. The van der Waals surface area contributed by atoms with E-state index in [-0.39, 0.29) is 0 Å². The van der Waals surface area contributed by atoms with Gasteiger partial charge < -0.3 is 0 Å². The molecule has 2 aromatic carbocycles. The first-order chi connectivity index (χ1) is 13.2. The summed E-state index contributed by atoms with van der Waals surface area (Å²) < 4.78 is 5.01. The van der Waals surface area contributed by atoms with Crippen LogP contribution in [0.2, 0.25) is 0 Å². The fraction of sp³-hybridized carbons (Fsp3) is 0.0800. The van der Waals surface area contributed by atoms with Crippen LogP contribution in [0.15, 0.2) is 103 Å². The van der Waals surface area contributed by atoms with Crippen molar-refractivity contribution in [2.45, 2.75) is 0 Å². The second-order valence-corrected chi connectivity index (χ2v) is 9.02. The van der Waals surface area contributed by atoms with Crippen LogP contribution in [0.25, 0.3) is 10.0 Å². The van der Waals surface area contributed by atoms with Gasteiger partial charge in [-0.3, -0.25) is 0 Å². The molecule has 2 heteroatoms. The van der Waals surface area contributed by atoms with E-state index in [0.29, 0.717) is 15.0 Å². The van der Waals surface area contributed by atoms with Crippen LogP contribution in [0, 0.1) is 0 Å². The Morgan fingerprint density at radius 3 is 2.22 bits per heavy atom. The number of hydrogen-bond donors (Lipinski definition) is 0. The van der Waals surface area contributed by atoms with E-state index in [1.165, 1.54) is 36.9 Å². The number of rotatable bonds is 2. The van der Waals surface area contributed by atoms with Crippen LogP contribution >= 0.6 is 0 Å². The van der Waals surface area contributed by atoms with Gasteiger partial charge in [-0.15, -0.1) is 0 Å². The first-order valence-corrected chi connectivity index (χ1v) is 10.8. The van der Waals surface area contributed by atoms with E-state index in [9.17, 15) is 0 Å². The van der Waals surface area contributed by atoms with Gasteiger partial charge in [0.1, 0.15) is 0 Å². The summed E-state index contributed by atoms with van der Waals surface area (Å²) in [5.74, 6) is 0. The Labute approximate surface area is 167 Å². The number of fused-ring (bicyclic) bond motifs is 1. The zero-order chi connectivity index (χ0) is 18.6. The van der Waals surface area contributed by atoms with E-state index in [2.05, 4.69) is 116 Å². The molecular formula is C25H22NSe+.